The predicted molar refractivity (Wildman–Crippen MR) is 144 cm³/mol. The minimum Gasteiger partial charge on any atom is -0.448 e. The molecule has 2 aliphatic heterocycles. The summed E-state index contributed by atoms with van der Waals surface area (Å²) in [6, 6.07) is 0.222. The number of amides is 1. The molecule has 0 saturated carbocycles. The predicted octanol–water partition coefficient (Wildman–Crippen LogP) is 5.07. The Labute approximate surface area is 220 Å². The lowest BCUT2D eigenvalue weighted by molar-refractivity contribution is -0.105. The number of allylic oxidation sites excluding steroid dienone is 3. The van der Waals surface area contributed by atoms with Gasteiger partial charge in [0.1, 0.15) is 6.29 Å². The molecule has 2 unspecified atom stereocenters. The van der Waals surface area contributed by atoms with Crippen LogP contribution in [0.3, 0.4) is 0 Å². The first-order chi connectivity index (χ1) is 17.0. The summed E-state index contributed by atoms with van der Waals surface area (Å²) < 4.78 is 12.5. The number of halogens is 1. The molecular formula is C28H40ClN3O4. The first kappa shape index (κ1) is 28.1. The van der Waals surface area contributed by atoms with Gasteiger partial charge in [0, 0.05) is 56.4 Å². The molecule has 2 aliphatic rings. The Bertz CT molecular complexity index is 1080. The normalized spacial score (nSPS) is 20.7. The number of nitrogens with two attached hydrogens (primary N) is 1. The van der Waals surface area contributed by atoms with Gasteiger partial charge < -0.3 is 25.4 Å². The minimum absolute atomic E-state index is 0.148. The van der Waals surface area contributed by atoms with E-state index < -0.39 is 5.79 Å². The molecule has 2 heterocycles. The van der Waals surface area contributed by atoms with Gasteiger partial charge in [0.05, 0.1) is 10.6 Å². The Morgan fingerprint density at radius 3 is 2.61 bits per heavy atom. The molecule has 0 saturated heterocycles. The molecule has 0 radical (unpaired) electrons. The number of carbonyl (C=O) groups excluding carboxylic acids is 2. The maximum atomic E-state index is 13.6. The molecule has 7 nitrogen and oxygen atoms in total. The van der Waals surface area contributed by atoms with E-state index in [2.05, 4.69) is 12.2 Å². The third-order valence-electron chi connectivity index (χ3n) is 7.27. The fourth-order valence-corrected chi connectivity index (χ4v) is 5.13. The minimum atomic E-state index is -0.832. The van der Waals surface area contributed by atoms with E-state index in [1.807, 2.05) is 40.8 Å². The Morgan fingerprint density at radius 2 is 1.97 bits per heavy atom. The van der Waals surface area contributed by atoms with Gasteiger partial charge in [0.15, 0.2) is 11.5 Å². The quantitative estimate of drug-likeness (QED) is 0.184. The summed E-state index contributed by atoms with van der Waals surface area (Å²) in [5.41, 5.74) is 10.4. The molecule has 0 aromatic heterocycles. The van der Waals surface area contributed by atoms with Crippen LogP contribution in [0.1, 0.15) is 81.3 Å². The molecule has 3 rings (SSSR count). The van der Waals surface area contributed by atoms with E-state index in [1.165, 1.54) is 0 Å². The Balaban J connectivity index is 1.82. The van der Waals surface area contributed by atoms with Gasteiger partial charge in [-0.3, -0.25) is 9.59 Å². The number of hydrogen-bond donors (Lipinski definition) is 2. The second-order valence-electron chi connectivity index (χ2n) is 10.1. The molecule has 1 aromatic rings. The molecule has 2 atom stereocenters. The van der Waals surface area contributed by atoms with E-state index in [1.54, 1.807) is 4.90 Å². The van der Waals surface area contributed by atoms with Crippen molar-refractivity contribution >= 4 is 23.8 Å². The topological polar surface area (TPSA) is 93.9 Å². The van der Waals surface area contributed by atoms with Gasteiger partial charge in [0.2, 0.25) is 5.79 Å². The zero-order valence-corrected chi connectivity index (χ0v) is 23.2. The van der Waals surface area contributed by atoms with Crippen molar-refractivity contribution in [1.29, 1.82) is 0 Å². The SMILES string of the molecule is CCC(N)CCCCC1(C)Oc2c(C)c3c(c(Cl)c2O1)CCN(C/C(C=O)=C(C)/C=C(/C)NC)C3=O. The summed E-state index contributed by atoms with van der Waals surface area (Å²) in [5.74, 6) is 0.0862. The van der Waals surface area contributed by atoms with Crippen LogP contribution in [0.15, 0.2) is 22.9 Å². The van der Waals surface area contributed by atoms with Gasteiger partial charge in [-0.15, -0.1) is 0 Å². The lowest BCUT2D eigenvalue weighted by Gasteiger charge is -2.31. The number of ether oxygens (including phenoxy) is 2. The van der Waals surface area contributed by atoms with Crippen molar-refractivity contribution in [3.63, 3.8) is 0 Å². The number of benzene rings is 1. The third kappa shape index (κ3) is 5.89. The van der Waals surface area contributed by atoms with Crippen molar-refractivity contribution < 1.29 is 19.1 Å². The van der Waals surface area contributed by atoms with Crippen LogP contribution >= 0.6 is 11.6 Å². The summed E-state index contributed by atoms with van der Waals surface area (Å²) in [4.78, 5) is 27.1. The van der Waals surface area contributed by atoms with Gasteiger partial charge in [-0.05, 0) is 63.7 Å². The Kier molecular flexibility index (Phi) is 9.12. The molecule has 1 amide bonds. The van der Waals surface area contributed by atoms with E-state index in [0.29, 0.717) is 47.0 Å². The molecule has 36 heavy (non-hydrogen) atoms. The summed E-state index contributed by atoms with van der Waals surface area (Å²) in [6.45, 7) is 10.4. The second kappa shape index (κ2) is 11.7. The molecular weight excluding hydrogens is 478 g/mol. The molecule has 0 bridgehead atoms. The van der Waals surface area contributed by atoms with Crippen LogP contribution < -0.4 is 20.5 Å². The fraction of sp³-hybridized carbons (Fsp3) is 0.571. The summed E-state index contributed by atoms with van der Waals surface area (Å²) in [7, 11) is 1.83. The van der Waals surface area contributed by atoms with E-state index in [0.717, 1.165) is 54.4 Å². The molecule has 0 spiro atoms. The second-order valence-corrected chi connectivity index (χ2v) is 10.5. The van der Waals surface area contributed by atoms with Crippen LogP contribution in [0.5, 0.6) is 11.5 Å². The molecule has 0 aliphatic carbocycles. The number of nitrogens with one attached hydrogen (secondary N) is 1. The number of carbonyl (C=O) groups is 2. The van der Waals surface area contributed by atoms with Crippen LogP contribution in [0.25, 0.3) is 0 Å². The highest BCUT2D eigenvalue weighted by atomic mass is 35.5. The molecule has 0 fully saturated rings. The van der Waals surface area contributed by atoms with Gasteiger partial charge in [-0.25, -0.2) is 0 Å². The monoisotopic (exact) mass is 517 g/mol. The average molecular weight is 518 g/mol. The molecule has 198 valence electrons. The summed E-state index contributed by atoms with van der Waals surface area (Å²) >= 11 is 6.79. The van der Waals surface area contributed by atoms with E-state index in [9.17, 15) is 9.59 Å². The molecule has 3 N–H and O–H groups in total. The number of nitrogens with zero attached hydrogens (tertiary/aromatic N) is 1. The van der Waals surface area contributed by atoms with E-state index in [4.69, 9.17) is 26.8 Å². The van der Waals surface area contributed by atoms with Crippen molar-refractivity contribution in [2.24, 2.45) is 5.73 Å². The van der Waals surface area contributed by atoms with Gasteiger partial charge >= 0.3 is 0 Å². The van der Waals surface area contributed by atoms with Crippen LogP contribution in [0, 0.1) is 6.92 Å². The van der Waals surface area contributed by atoms with Gasteiger partial charge in [-0.2, -0.15) is 0 Å². The smallest absolute Gasteiger partial charge is 0.254 e. The fourth-order valence-electron chi connectivity index (χ4n) is 4.81. The highest BCUT2D eigenvalue weighted by Crippen LogP contribution is 2.51. The van der Waals surface area contributed by atoms with Gasteiger partial charge in [0.25, 0.3) is 5.91 Å². The Morgan fingerprint density at radius 1 is 1.28 bits per heavy atom. The zero-order valence-electron chi connectivity index (χ0n) is 22.4. The largest absolute Gasteiger partial charge is 0.448 e. The average Bonchev–Trinajstić information content (AvgIpc) is 3.22. The zero-order chi connectivity index (χ0) is 26.6. The van der Waals surface area contributed by atoms with Crippen LogP contribution in [-0.4, -0.2) is 49.1 Å². The van der Waals surface area contributed by atoms with Crippen molar-refractivity contribution in [2.45, 2.75) is 85.0 Å². The lowest BCUT2D eigenvalue weighted by atomic mass is 9.93. The third-order valence-corrected chi connectivity index (χ3v) is 7.67. The maximum absolute atomic E-state index is 13.6. The van der Waals surface area contributed by atoms with E-state index in [-0.39, 0.29) is 18.5 Å². The number of aldehydes is 1. The highest BCUT2D eigenvalue weighted by Gasteiger charge is 2.42. The van der Waals surface area contributed by atoms with Crippen LogP contribution in [0.2, 0.25) is 5.02 Å². The number of fused-ring (bicyclic) bond motifs is 2. The van der Waals surface area contributed by atoms with Crippen molar-refractivity contribution in [1.82, 2.24) is 10.2 Å². The number of rotatable bonds is 11. The maximum Gasteiger partial charge on any atom is 0.254 e. The molecule has 8 heteroatoms. The summed E-state index contributed by atoms with van der Waals surface area (Å²) in [5, 5.41) is 3.50. The van der Waals surface area contributed by atoms with E-state index >= 15 is 0 Å². The lowest BCUT2D eigenvalue weighted by Crippen LogP contribution is -2.40. The first-order valence-electron chi connectivity index (χ1n) is 12.8. The number of hydrogen-bond acceptors (Lipinski definition) is 6. The van der Waals surface area contributed by atoms with Gasteiger partial charge in [-0.1, -0.05) is 24.9 Å². The highest BCUT2D eigenvalue weighted by molar-refractivity contribution is 6.34. The first-order valence-corrected chi connectivity index (χ1v) is 13.2. The standard InChI is InChI=1S/C28H40ClN3O4/c1-7-21(30)10-8-9-12-28(5)35-25-19(4)23-22(24(29)26(25)36-28)11-13-32(27(23)34)15-20(16-33)17(2)14-18(3)31-6/h14,16,21,31H,7-13,15,30H2,1-6H3/b18-14-,20-17-. The van der Waals surface area contributed by atoms with Crippen molar-refractivity contribution in [3.8, 4) is 11.5 Å². The van der Waals surface area contributed by atoms with Crippen LogP contribution in [-0.2, 0) is 11.2 Å². The number of unbranched alkanes of at least 4 members (excludes halogenated alkanes) is 1. The molecule has 1 aromatic carbocycles. The van der Waals surface area contributed by atoms with Crippen molar-refractivity contribution in [2.75, 3.05) is 20.1 Å². The Hall–Kier alpha value is -2.51. The van der Waals surface area contributed by atoms with Crippen LogP contribution in [0.4, 0.5) is 0 Å². The summed E-state index contributed by atoms with van der Waals surface area (Å²) in [6.07, 6.45) is 7.88. The van der Waals surface area contributed by atoms with Crippen molar-refractivity contribution in [3.05, 3.63) is 44.6 Å².